The minimum absolute atomic E-state index is 0.668. The SMILES string of the molecule is CCNC(=NCc1c(CC)nn(C)c1CC)NCCc1ccccc1. The smallest absolute Gasteiger partial charge is 0.191 e. The van der Waals surface area contributed by atoms with Crippen LogP contribution < -0.4 is 10.6 Å². The van der Waals surface area contributed by atoms with Crippen molar-refractivity contribution >= 4 is 5.96 Å². The van der Waals surface area contributed by atoms with Gasteiger partial charge in [-0.05, 0) is 31.7 Å². The molecule has 0 fully saturated rings. The molecule has 0 radical (unpaired) electrons. The Bertz CT molecular complexity index is 673. The molecular formula is C20H31N5. The lowest BCUT2D eigenvalue weighted by Gasteiger charge is -2.12. The second-order valence-corrected chi connectivity index (χ2v) is 6.06. The van der Waals surface area contributed by atoms with Gasteiger partial charge in [0.1, 0.15) is 0 Å². The molecular weight excluding hydrogens is 310 g/mol. The Morgan fingerprint density at radius 1 is 1.08 bits per heavy atom. The summed E-state index contributed by atoms with van der Waals surface area (Å²) in [5.41, 5.74) is 5.04. The van der Waals surface area contributed by atoms with Crippen LogP contribution in [0.15, 0.2) is 35.3 Å². The van der Waals surface area contributed by atoms with Crippen LogP contribution in [0.1, 0.15) is 43.3 Å². The first kappa shape index (κ1) is 19.0. The Morgan fingerprint density at radius 3 is 2.48 bits per heavy atom. The van der Waals surface area contributed by atoms with Gasteiger partial charge in [0, 0.05) is 31.4 Å². The van der Waals surface area contributed by atoms with Crippen molar-refractivity contribution in [3.05, 3.63) is 52.8 Å². The van der Waals surface area contributed by atoms with Crippen LogP contribution >= 0.6 is 0 Å². The van der Waals surface area contributed by atoms with Gasteiger partial charge in [-0.25, -0.2) is 4.99 Å². The van der Waals surface area contributed by atoms with Crippen molar-refractivity contribution in [2.45, 2.75) is 46.6 Å². The first-order valence-electron chi connectivity index (χ1n) is 9.29. The molecule has 1 aromatic heterocycles. The fourth-order valence-corrected chi connectivity index (χ4v) is 3.04. The number of nitrogens with one attached hydrogen (secondary N) is 2. The van der Waals surface area contributed by atoms with E-state index < -0.39 is 0 Å². The van der Waals surface area contributed by atoms with Crippen molar-refractivity contribution < 1.29 is 0 Å². The Morgan fingerprint density at radius 2 is 1.84 bits per heavy atom. The maximum atomic E-state index is 4.79. The van der Waals surface area contributed by atoms with Crippen molar-refractivity contribution in [2.75, 3.05) is 13.1 Å². The number of hydrogen-bond donors (Lipinski definition) is 2. The van der Waals surface area contributed by atoms with E-state index in [4.69, 9.17) is 4.99 Å². The molecule has 5 heteroatoms. The third-order valence-electron chi connectivity index (χ3n) is 4.32. The van der Waals surface area contributed by atoms with Crippen LogP contribution in [-0.4, -0.2) is 28.8 Å². The van der Waals surface area contributed by atoms with Gasteiger partial charge >= 0.3 is 0 Å². The number of aryl methyl sites for hydroxylation is 2. The molecule has 1 heterocycles. The summed E-state index contributed by atoms with van der Waals surface area (Å²) in [7, 11) is 2.02. The van der Waals surface area contributed by atoms with Crippen LogP contribution in [0.25, 0.3) is 0 Å². The summed E-state index contributed by atoms with van der Waals surface area (Å²) in [6.07, 6.45) is 2.90. The van der Waals surface area contributed by atoms with Crippen LogP contribution in [0.3, 0.4) is 0 Å². The van der Waals surface area contributed by atoms with Crippen molar-refractivity contribution in [2.24, 2.45) is 12.0 Å². The predicted molar refractivity (Wildman–Crippen MR) is 105 cm³/mol. The number of benzene rings is 1. The number of rotatable bonds is 8. The normalized spacial score (nSPS) is 11.6. The van der Waals surface area contributed by atoms with Gasteiger partial charge in [-0.15, -0.1) is 0 Å². The highest BCUT2D eigenvalue weighted by Gasteiger charge is 2.13. The lowest BCUT2D eigenvalue weighted by molar-refractivity contribution is 0.703. The van der Waals surface area contributed by atoms with Crippen LogP contribution in [0.5, 0.6) is 0 Å². The molecule has 2 rings (SSSR count). The van der Waals surface area contributed by atoms with Gasteiger partial charge in [0.15, 0.2) is 5.96 Å². The average molecular weight is 342 g/mol. The number of aromatic nitrogens is 2. The maximum Gasteiger partial charge on any atom is 0.191 e. The highest BCUT2D eigenvalue weighted by atomic mass is 15.3. The van der Waals surface area contributed by atoms with Gasteiger partial charge in [0.05, 0.1) is 12.2 Å². The van der Waals surface area contributed by atoms with Crippen LogP contribution in [0.2, 0.25) is 0 Å². The molecule has 5 nitrogen and oxygen atoms in total. The number of nitrogens with zero attached hydrogens (tertiary/aromatic N) is 3. The van der Waals surface area contributed by atoms with E-state index in [1.54, 1.807) is 0 Å². The fourth-order valence-electron chi connectivity index (χ4n) is 3.04. The number of aliphatic imine (C=N–C) groups is 1. The van der Waals surface area contributed by atoms with Crippen molar-refractivity contribution in [3.63, 3.8) is 0 Å². The molecule has 1 aromatic carbocycles. The Labute approximate surface area is 151 Å². The molecule has 0 aliphatic carbocycles. The van der Waals surface area contributed by atoms with Crippen LogP contribution in [0, 0.1) is 0 Å². The molecule has 0 saturated carbocycles. The summed E-state index contributed by atoms with van der Waals surface area (Å²) in [6.45, 7) is 8.80. The van der Waals surface area contributed by atoms with E-state index in [-0.39, 0.29) is 0 Å². The van der Waals surface area contributed by atoms with Crippen molar-refractivity contribution in [1.29, 1.82) is 0 Å². The Hall–Kier alpha value is -2.30. The molecule has 0 amide bonds. The lowest BCUT2D eigenvalue weighted by atomic mass is 10.1. The molecule has 2 aromatic rings. The summed E-state index contributed by atoms with van der Waals surface area (Å²) in [5.74, 6) is 0.867. The first-order valence-corrected chi connectivity index (χ1v) is 9.29. The van der Waals surface area contributed by atoms with Gasteiger partial charge in [-0.3, -0.25) is 4.68 Å². The van der Waals surface area contributed by atoms with Crippen molar-refractivity contribution in [1.82, 2.24) is 20.4 Å². The molecule has 0 unspecified atom stereocenters. The molecule has 0 aliphatic heterocycles. The summed E-state index contributed by atoms with van der Waals surface area (Å²) < 4.78 is 2.00. The zero-order valence-corrected chi connectivity index (χ0v) is 16.0. The molecule has 0 bridgehead atoms. The van der Waals surface area contributed by atoms with E-state index in [2.05, 4.69) is 60.8 Å². The molecule has 2 N–H and O–H groups in total. The minimum atomic E-state index is 0.668. The molecule has 0 atom stereocenters. The maximum absolute atomic E-state index is 4.79. The average Bonchev–Trinajstić information content (AvgIpc) is 2.95. The first-order chi connectivity index (χ1) is 12.2. The van der Waals surface area contributed by atoms with Gasteiger partial charge in [-0.2, -0.15) is 5.10 Å². The Kier molecular flexibility index (Phi) is 7.51. The zero-order chi connectivity index (χ0) is 18.1. The highest BCUT2D eigenvalue weighted by Crippen LogP contribution is 2.16. The zero-order valence-electron chi connectivity index (χ0n) is 16.0. The van der Waals surface area contributed by atoms with E-state index in [1.807, 2.05) is 17.8 Å². The standard InChI is InChI=1S/C20H31N5/c1-5-18-17(19(6-2)25(4)24-18)15-23-20(21-7-3)22-14-13-16-11-9-8-10-12-16/h8-12H,5-7,13-15H2,1-4H3,(H2,21,22,23). The molecule has 25 heavy (non-hydrogen) atoms. The third-order valence-corrected chi connectivity index (χ3v) is 4.32. The largest absolute Gasteiger partial charge is 0.357 e. The van der Waals surface area contributed by atoms with Crippen LogP contribution in [0.4, 0.5) is 0 Å². The topological polar surface area (TPSA) is 54.2 Å². The fraction of sp³-hybridized carbons (Fsp3) is 0.500. The summed E-state index contributed by atoms with van der Waals surface area (Å²) in [5, 5.41) is 11.4. The molecule has 136 valence electrons. The second kappa shape index (κ2) is 9.87. The molecule has 0 saturated heterocycles. The van der Waals surface area contributed by atoms with Crippen LogP contribution in [-0.2, 0) is 32.9 Å². The Balaban J connectivity index is 2.02. The minimum Gasteiger partial charge on any atom is -0.357 e. The summed E-state index contributed by atoms with van der Waals surface area (Å²) >= 11 is 0. The van der Waals surface area contributed by atoms with E-state index in [9.17, 15) is 0 Å². The molecule has 0 aliphatic rings. The second-order valence-electron chi connectivity index (χ2n) is 6.06. The third kappa shape index (κ3) is 5.34. The number of guanidine groups is 1. The van der Waals surface area contributed by atoms with E-state index in [0.29, 0.717) is 6.54 Å². The number of hydrogen-bond acceptors (Lipinski definition) is 2. The van der Waals surface area contributed by atoms with E-state index >= 15 is 0 Å². The quantitative estimate of drug-likeness (QED) is 0.573. The highest BCUT2D eigenvalue weighted by molar-refractivity contribution is 5.79. The van der Waals surface area contributed by atoms with Gasteiger partial charge < -0.3 is 10.6 Å². The van der Waals surface area contributed by atoms with Gasteiger partial charge in [-0.1, -0.05) is 44.2 Å². The van der Waals surface area contributed by atoms with Gasteiger partial charge in [0.25, 0.3) is 0 Å². The predicted octanol–water partition coefficient (Wildman–Crippen LogP) is 2.84. The monoisotopic (exact) mass is 341 g/mol. The summed E-state index contributed by atoms with van der Waals surface area (Å²) in [4.78, 5) is 4.79. The van der Waals surface area contributed by atoms with Crippen molar-refractivity contribution in [3.8, 4) is 0 Å². The molecule has 0 spiro atoms. The van der Waals surface area contributed by atoms with E-state index in [1.165, 1.54) is 16.8 Å². The summed E-state index contributed by atoms with van der Waals surface area (Å²) in [6, 6.07) is 10.5. The van der Waals surface area contributed by atoms with Gasteiger partial charge in [0.2, 0.25) is 0 Å². The van der Waals surface area contributed by atoms with E-state index in [0.717, 1.165) is 44.0 Å². The lowest BCUT2D eigenvalue weighted by Crippen LogP contribution is -2.38.